The van der Waals surface area contributed by atoms with Gasteiger partial charge in [0.2, 0.25) is 0 Å². The molecule has 1 aliphatic carbocycles. The SMILES string of the molecule is CC(C)(C)Cn1cc(CNSC2CC2)c2ccc(-c3cc(F)ccc3C#N)cc21. The van der Waals surface area contributed by atoms with Gasteiger partial charge in [0.15, 0.2) is 0 Å². The summed E-state index contributed by atoms with van der Waals surface area (Å²) in [6.07, 6.45) is 4.85. The summed E-state index contributed by atoms with van der Waals surface area (Å²) in [5, 5.41) is 11.4. The van der Waals surface area contributed by atoms with Gasteiger partial charge in [-0.25, -0.2) is 4.39 Å². The molecule has 1 heterocycles. The molecule has 1 aromatic heterocycles. The fourth-order valence-corrected chi connectivity index (χ4v) is 4.44. The van der Waals surface area contributed by atoms with Crippen molar-refractivity contribution in [2.24, 2.45) is 5.41 Å². The van der Waals surface area contributed by atoms with Gasteiger partial charge in [-0.1, -0.05) is 44.9 Å². The van der Waals surface area contributed by atoms with Crippen molar-refractivity contribution >= 4 is 22.9 Å². The van der Waals surface area contributed by atoms with E-state index >= 15 is 0 Å². The highest BCUT2D eigenvalue weighted by Crippen LogP contribution is 2.34. The Morgan fingerprint density at radius 2 is 2.00 bits per heavy atom. The molecule has 0 amide bonds. The van der Waals surface area contributed by atoms with Crippen LogP contribution in [0.2, 0.25) is 0 Å². The molecule has 0 unspecified atom stereocenters. The highest BCUT2D eigenvalue weighted by Gasteiger charge is 2.22. The average Bonchev–Trinajstić information content (AvgIpc) is 3.43. The molecule has 0 aliphatic heterocycles. The van der Waals surface area contributed by atoms with E-state index in [1.54, 1.807) is 6.07 Å². The first-order valence-electron chi connectivity index (χ1n) is 10.0. The number of nitriles is 1. The predicted octanol–water partition coefficient (Wildman–Crippen LogP) is 6.27. The number of hydrogen-bond acceptors (Lipinski definition) is 3. The second-order valence-electron chi connectivity index (χ2n) is 9.01. The Bertz CT molecular complexity index is 1080. The lowest BCUT2D eigenvalue weighted by molar-refractivity contribution is 0.349. The van der Waals surface area contributed by atoms with Crippen LogP contribution in [0.15, 0.2) is 42.6 Å². The van der Waals surface area contributed by atoms with Gasteiger partial charge < -0.3 is 4.57 Å². The maximum Gasteiger partial charge on any atom is 0.123 e. The third kappa shape index (κ3) is 4.66. The van der Waals surface area contributed by atoms with Crippen LogP contribution in [0.25, 0.3) is 22.0 Å². The minimum absolute atomic E-state index is 0.131. The zero-order chi connectivity index (χ0) is 20.6. The van der Waals surface area contributed by atoms with Crippen molar-refractivity contribution in [2.75, 3.05) is 0 Å². The third-order valence-electron chi connectivity index (χ3n) is 5.06. The number of hydrogen-bond donors (Lipinski definition) is 1. The summed E-state index contributed by atoms with van der Waals surface area (Å²) in [5.74, 6) is -0.328. The summed E-state index contributed by atoms with van der Waals surface area (Å²) >= 11 is 1.84. The molecule has 0 atom stereocenters. The first-order valence-corrected chi connectivity index (χ1v) is 10.9. The molecule has 0 saturated heterocycles. The topological polar surface area (TPSA) is 40.8 Å². The van der Waals surface area contributed by atoms with Crippen LogP contribution in [-0.4, -0.2) is 9.82 Å². The molecule has 150 valence electrons. The number of halogens is 1. The third-order valence-corrected chi connectivity index (χ3v) is 6.18. The standard InChI is InChI=1S/C24H26FN3S/c1-24(2,3)15-28-14-18(13-27-29-20-7-8-20)21-9-5-16(10-23(21)28)22-11-19(25)6-4-17(22)12-26/h4-6,9-11,14,20,27H,7-8,13,15H2,1-3H3. The summed E-state index contributed by atoms with van der Waals surface area (Å²) in [7, 11) is 0. The van der Waals surface area contributed by atoms with Crippen LogP contribution in [0.4, 0.5) is 4.39 Å². The molecule has 3 nitrogen and oxygen atoms in total. The van der Waals surface area contributed by atoms with Crippen LogP contribution in [0.1, 0.15) is 44.7 Å². The summed E-state index contributed by atoms with van der Waals surface area (Å²) in [6, 6.07) is 12.7. The fourth-order valence-electron chi connectivity index (χ4n) is 3.59. The summed E-state index contributed by atoms with van der Waals surface area (Å²) in [6.45, 7) is 8.38. The van der Waals surface area contributed by atoms with Gasteiger partial charge in [0.05, 0.1) is 11.6 Å². The Balaban J connectivity index is 1.76. The zero-order valence-corrected chi connectivity index (χ0v) is 17.9. The Kier molecular flexibility index (Phi) is 5.42. The number of fused-ring (bicyclic) bond motifs is 1. The molecular weight excluding hydrogens is 381 g/mol. The second kappa shape index (κ2) is 7.85. The molecule has 5 heteroatoms. The van der Waals surface area contributed by atoms with Gasteiger partial charge in [0.25, 0.3) is 0 Å². The quantitative estimate of drug-likeness (QED) is 0.490. The van der Waals surface area contributed by atoms with E-state index in [1.165, 1.54) is 35.9 Å². The smallest absolute Gasteiger partial charge is 0.123 e. The molecule has 29 heavy (non-hydrogen) atoms. The number of nitrogens with zero attached hydrogens (tertiary/aromatic N) is 2. The monoisotopic (exact) mass is 407 g/mol. The Morgan fingerprint density at radius 3 is 2.69 bits per heavy atom. The van der Waals surface area contributed by atoms with Gasteiger partial charge in [0, 0.05) is 41.0 Å². The van der Waals surface area contributed by atoms with E-state index in [4.69, 9.17) is 0 Å². The molecule has 0 radical (unpaired) electrons. The first kappa shape index (κ1) is 20.0. The van der Waals surface area contributed by atoms with Crippen molar-refractivity contribution in [3.05, 3.63) is 59.5 Å². The minimum Gasteiger partial charge on any atom is -0.347 e. The Labute approximate surface area is 176 Å². The van der Waals surface area contributed by atoms with Crippen LogP contribution in [0.3, 0.4) is 0 Å². The molecule has 0 bridgehead atoms. The van der Waals surface area contributed by atoms with Crippen molar-refractivity contribution < 1.29 is 4.39 Å². The molecule has 0 spiro atoms. The van der Waals surface area contributed by atoms with Gasteiger partial charge in [0.1, 0.15) is 5.82 Å². The maximum absolute atomic E-state index is 13.9. The number of benzene rings is 2. The van der Waals surface area contributed by atoms with E-state index in [1.807, 2.05) is 18.0 Å². The lowest BCUT2D eigenvalue weighted by Crippen LogP contribution is -2.14. The molecule has 3 aromatic rings. The van der Waals surface area contributed by atoms with E-state index in [2.05, 4.69) is 54.5 Å². The molecule has 2 aromatic carbocycles. The van der Waals surface area contributed by atoms with E-state index in [9.17, 15) is 9.65 Å². The predicted molar refractivity (Wildman–Crippen MR) is 119 cm³/mol. The minimum atomic E-state index is -0.328. The lowest BCUT2D eigenvalue weighted by Gasteiger charge is -2.20. The summed E-state index contributed by atoms with van der Waals surface area (Å²) in [4.78, 5) is 0. The van der Waals surface area contributed by atoms with Crippen LogP contribution >= 0.6 is 11.9 Å². The second-order valence-corrected chi connectivity index (χ2v) is 10.2. The van der Waals surface area contributed by atoms with Gasteiger partial charge in [-0.2, -0.15) is 5.26 Å². The summed E-state index contributed by atoms with van der Waals surface area (Å²) < 4.78 is 19.7. The number of nitrogens with one attached hydrogen (secondary N) is 1. The van der Waals surface area contributed by atoms with Gasteiger partial charge >= 0.3 is 0 Å². The van der Waals surface area contributed by atoms with E-state index in [-0.39, 0.29) is 11.2 Å². The van der Waals surface area contributed by atoms with Gasteiger partial charge in [-0.3, -0.25) is 4.72 Å². The zero-order valence-electron chi connectivity index (χ0n) is 17.1. The Hall–Kier alpha value is -2.29. The van der Waals surface area contributed by atoms with Crippen molar-refractivity contribution in [2.45, 2.75) is 52.0 Å². The van der Waals surface area contributed by atoms with Crippen LogP contribution in [0, 0.1) is 22.6 Å². The molecule has 1 aliphatic rings. The molecule has 1 fully saturated rings. The van der Waals surface area contributed by atoms with E-state index in [0.29, 0.717) is 11.1 Å². The molecule has 1 N–H and O–H groups in total. The maximum atomic E-state index is 13.9. The molecule has 4 rings (SSSR count). The van der Waals surface area contributed by atoms with E-state index in [0.717, 1.165) is 29.4 Å². The van der Waals surface area contributed by atoms with E-state index < -0.39 is 0 Å². The molecular formula is C24H26FN3S. The normalized spacial score (nSPS) is 14.3. The van der Waals surface area contributed by atoms with Crippen molar-refractivity contribution in [1.82, 2.24) is 9.29 Å². The Morgan fingerprint density at radius 1 is 1.21 bits per heavy atom. The van der Waals surface area contributed by atoms with Crippen molar-refractivity contribution in [1.29, 1.82) is 5.26 Å². The van der Waals surface area contributed by atoms with Crippen LogP contribution < -0.4 is 4.72 Å². The number of rotatable bonds is 6. The average molecular weight is 408 g/mol. The van der Waals surface area contributed by atoms with Crippen LogP contribution in [-0.2, 0) is 13.1 Å². The largest absolute Gasteiger partial charge is 0.347 e. The molecule has 1 saturated carbocycles. The lowest BCUT2D eigenvalue weighted by atomic mass is 9.96. The van der Waals surface area contributed by atoms with Gasteiger partial charge in [-0.05, 0) is 53.6 Å². The van der Waals surface area contributed by atoms with Crippen LogP contribution in [0.5, 0.6) is 0 Å². The van der Waals surface area contributed by atoms with Gasteiger partial charge in [-0.15, -0.1) is 0 Å². The van der Waals surface area contributed by atoms with Crippen molar-refractivity contribution in [3.63, 3.8) is 0 Å². The number of aromatic nitrogens is 1. The highest BCUT2D eigenvalue weighted by molar-refractivity contribution is 7.98. The highest BCUT2D eigenvalue weighted by atomic mass is 32.2. The fraction of sp³-hybridized carbons (Fsp3) is 0.375. The van der Waals surface area contributed by atoms with Crippen molar-refractivity contribution in [3.8, 4) is 17.2 Å². The first-order chi connectivity index (χ1) is 13.8. The summed E-state index contributed by atoms with van der Waals surface area (Å²) in [5.41, 5.74) is 4.52.